The van der Waals surface area contributed by atoms with Crippen LogP contribution in [0, 0.1) is 0 Å². The van der Waals surface area contributed by atoms with Crippen LogP contribution in [0.1, 0.15) is 4.88 Å². The molecule has 0 radical (unpaired) electrons. The van der Waals surface area contributed by atoms with Crippen LogP contribution in [0.5, 0.6) is 0 Å². The van der Waals surface area contributed by atoms with Crippen molar-refractivity contribution in [3.05, 3.63) is 39.3 Å². The second-order valence-corrected chi connectivity index (χ2v) is 6.76. The first-order valence-electron chi connectivity index (χ1n) is 6.45. The third-order valence-electron chi connectivity index (χ3n) is 3.37. The van der Waals surface area contributed by atoms with Crippen LogP contribution >= 0.6 is 27.3 Å². The molecule has 1 fully saturated rings. The smallest absolute Gasteiger partial charge is 0.0930 e. The van der Waals surface area contributed by atoms with Crippen molar-refractivity contribution in [3.63, 3.8) is 0 Å². The van der Waals surface area contributed by atoms with Gasteiger partial charge in [0.2, 0.25) is 0 Å². The maximum atomic E-state index is 4.31. The molecule has 0 bridgehead atoms. The van der Waals surface area contributed by atoms with Crippen molar-refractivity contribution in [2.45, 2.75) is 13.2 Å². The molecule has 3 heterocycles. The molecule has 0 unspecified atom stereocenters. The Bertz CT molecular complexity index is 502. The van der Waals surface area contributed by atoms with Gasteiger partial charge >= 0.3 is 0 Å². The normalized spacial score (nSPS) is 17.9. The van der Waals surface area contributed by atoms with Gasteiger partial charge in [0.25, 0.3) is 0 Å². The lowest BCUT2D eigenvalue weighted by Gasteiger charge is -2.34. The molecule has 2 aromatic heterocycles. The highest BCUT2D eigenvalue weighted by molar-refractivity contribution is 9.10. The van der Waals surface area contributed by atoms with E-state index < -0.39 is 0 Å². The largest absolute Gasteiger partial charge is 0.296 e. The average molecular weight is 341 g/mol. The van der Waals surface area contributed by atoms with E-state index in [0.717, 1.165) is 43.9 Å². The zero-order valence-corrected chi connectivity index (χ0v) is 13.1. The summed E-state index contributed by atoms with van der Waals surface area (Å²) < 4.78 is 3.03. The molecule has 1 saturated heterocycles. The van der Waals surface area contributed by atoms with E-state index in [2.05, 4.69) is 48.3 Å². The molecule has 0 N–H and O–H groups in total. The highest BCUT2D eigenvalue weighted by Crippen LogP contribution is 2.14. The highest BCUT2D eigenvalue weighted by atomic mass is 79.9. The standard InChI is InChI=1S/C13H17BrN4S/c14-12-8-15-18(9-12)11-17-5-3-16(4-6-17)10-13-2-1-7-19-13/h1-2,7-9H,3-6,10-11H2. The Morgan fingerprint density at radius 2 is 2.00 bits per heavy atom. The Balaban J connectivity index is 1.46. The van der Waals surface area contributed by atoms with Crippen LogP contribution < -0.4 is 0 Å². The molecule has 0 atom stereocenters. The monoisotopic (exact) mass is 340 g/mol. The second kappa shape index (κ2) is 6.17. The molecule has 19 heavy (non-hydrogen) atoms. The van der Waals surface area contributed by atoms with Gasteiger partial charge in [-0.05, 0) is 27.4 Å². The van der Waals surface area contributed by atoms with E-state index in [-0.39, 0.29) is 0 Å². The predicted octanol–water partition coefficient (Wildman–Crippen LogP) is 2.48. The summed E-state index contributed by atoms with van der Waals surface area (Å²) in [5.41, 5.74) is 0. The molecule has 0 saturated carbocycles. The highest BCUT2D eigenvalue weighted by Gasteiger charge is 2.17. The summed E-state index contributed by atoms with van der Waals surface area (Å²) in [5, 5.41) is 6.46. The number of hydrogen-bond donors (Lipinski definition) is 0. The molecule has 6 heteroatoms. The van der Waals surface area contributed by atoms with Gasteiger partial charge in [-0.15, -0.1) is 11.3 Å². The summed E-state index contributed by atoms with van der Waals surface area (Å²) in [6, 6.07) is 4.35. The third-order valence-corrected chi connectivity index (χ3v) is 4.64. The molecule has 0 amide bonds. The van der Waals surface area contributed by atoms with Crippen molar-refractivity contribution < 1.29 is 0 Å². The minimum absolute atomic E-state index is 0.887. The molecule has 102 valence electrons. The number of hydrogen-bond acceptors (Lipinski definition) is 4. The predicted molar refractivity (Wildman–Crippen MR) is 81.1 cm³/mol. The molecule has 4 nitrogen and oxygen atoms in total. The first-order chi connectivity index (χ1) is 9.29. The number of rotatable bonds is 4. The molecule has 0 aliphatic carbocycles. The fraction of sp³-hybridized carbons (Fsp3) is 0.462. The van der Waals surface area contributed by atoms with Gasteiger partial charge in [0.05, 0.1) is 17.3 Å². The van der Waals surface area contributed by atoms with Crippen molar-refractivity contribution in [1.29, 1.82) is 0 Å². The number of thiophene rings is 1. The lowest BCUT2D eigenvalue weighted by Crippen LogP contribution is -2.46. The maximum Gasteiger partial charge on any atom is 0.0930 e. The van der Waals surface area contributed by atoms with Gasteiger partial charge < -0.3 is 0 Å². The van der Waals surface area contributed by atoms with E-state index >= 15 is 0 Å². The molecular formula is C13H17BrN4S. The third kappa shape index (κ3) is 3.66. The minimum Gasteiger partial charge on any atom is -0.296 e. The van der Waals surface area contributed by atoms with Crippen molar-refractivity contribution in [2.75, 3.05) is 26.2 Å². The second-order valence-electron chi connectivity index (χ2n) is 4.81. The first kappa shape index (κ1) is 13.3. The summed E-state index contributed by atoms with van der Waals surface area (Å²) >= 11 is 5.28. The summed E-state index contributed by atoms with van der Waals surface area (Å²) in [6.07, 6.45) is 3.87. The van der Waals surface area contributed by atoms with Gasteiger partial charge in [0.1, 0.15) is 0 Å². The van der Waals surface area contributed by atoms with E-state index in [9.17, 15) is 0 Å². The zero-order valence-electron chi connectivity index (χ0n) is 10.7. The molecular weight excluding hydrogens is 324 g/mol. The lowest BCUT2D eigenvalue weighted by molar-refractivity contribution is 0.0994. The summed E-state index contributed by atoms with van der Waals surface area (Å²) in [5.74, 6) is 0. The van der Waals surface area contributed by atoms with Crippen LogP contribution in [0.15, 0.2) is 34.4 Å². The molecule has 1 aliphatic heterocycles. The van der Waals surface area contributed by atoms with E-state index in [1.165, 1.54) is 4.88 Å². The van der Waals surface area contributed by atoms with Crippen LogP contribution in [0.4, 0.5) is 0 Å². The topological polar surface area (TPSA) is 24.3 Å². The zero-order chi connectivity index (χ0) is 13.1. The fourth-order valence-electron chi connectivity index (χ4n) is 2.33. The van der Waals surface area contributed by atoms with Gasteiger partial charge in [-0.1, -0.05) is 6.07 Å². The Morgan fingerprint density at radius 3 is 2.63 bits per heavy atom. The van der Waals surface area contributed by atoms with Gasteiger partial charge in [-0.25, -0.2) is 0 Å². The first-order valence-corrected chi connectivity index (χ1v) is 8.12. The Kier molecular flexibility index (Phi) is 4.32. The van der Waals surface area contributed by atoms with Crippen molar-refractivity contribution in [3.8, 4) is 0 Å². The Morgan fingerprint density at radius 1 is 1.21 bits per heavy atom. The van der Waals surface area contributed by atoms with Gasteiger partial charge in [0.15, 0.2) is 0 Å². The van der Waals surface area contributed by atoms with Gasteiger partial charge in [-0.3, -0.25) is 14.5 Å². The summed E-state index contributed by atoms with van der Waals surface area (Å²) in [7, 11) is 0. The average Bonchev–Trinajstić information content (AvgIpc) is 3.04. The molecule has 0 aromatic carbocycles. The number of aromatic nitrogens is 2. The van der Waals surface area contributed by atoms with Crippen LogP contribution in [0.25, 0.3) is 0 Å². The molecule has 3 rings (SSSR count). The van der Waals surface area contributed by atoms with E-state index in [1.54, 1.807) is 0 Å². The quantitative estimate of drug-likeness (QED) is 0.854. The van der Waals surface area contributed by atoms with E-state index in [0.29, 0.717) is 0 Å². The van der Waals surface area contributed by atoms with Crippen LogP contribution in [0.3, 0.4) is 0 Å². The summed E-state index contributed by atoms with van der Waals surface area (Å²) in [6.45, 7) is 6.49. The maximum absolute atomic E-state index is 4.31. The Hall–Kier alpha value is -0.690. The number of piperazine rings is 1. The van der Waals surface area contributed by atoms with Crippen molar-refractivity contribution >= 4 is 27.3 Å². The van der Waals surface area contributed by atoms with Crippen LogP contribution in [-0.2, 0) is 13.2 Å². The summed E-state index contributed by atoms with van der Waals surface area (Å²) in [4.78, 5) is 6.44. The van der Waals surface area contributed by atoms with Gasteiger partial charge in [0, 0.05) is 43.8 Å². The molecule has 2 aromatic rings. The van der Waals surface area contributed by atoms with Crippen LogP contribution in [0.2, 0.25) is 0 Å². The Labute approximate surface area is 125 Å². The molecule has 1 aliphatic rings. The fourth-order valence-corrected chi connectivity index (χ4v) is 3.41. The van der Waals surface area contributed by atoms with E-state index in [4.69, 9.17) is 0 Å². The number of halogens is 1. The van der Waals surface area contributed by atoms with Crippen LogP contribution in [-0.4, -0.2) is 45.8 Å². The van der Waals surface area contributed by atoms with Crippen molar-refractivity contribution in [2.24, 2.45) is 0 Å². The van der Waals surface area contributed by atoms with Crippen molar-refractivity contribution in [1.82, 2.24) is 19.6 Å². The SMILES string of the molecule is Brc1cnn(CN2CCN(Cc3cccs3)CC2)c1. The lowest BCUT2D eigenvalue weighted by atomic mass is 10.3. The minimum atomic E-state index is 0.887. The number of nitrogens with zero attached hydrogens (tertiary/aromatic N) is 4. The van der Waals surface area contributed by atoms with E-state index in [1.807, 2.05) is 28.4 Å². The van der Waals surface area contributed by atoms with Gasteiger partial charge in [-0.2, -0.15) is 5.10 Å². The molecule has 0 spiro atoms.